The third kappa shape index (κ3) is 4.97. The first kappa shape index (κ1) is 18.3. The van der Waals surface area contributed by atoms with E-state index >= 15 is 0 Å². The van der Waals surface area contributed by atoms with Crippen molar-refractivity contribution in [2.45, 2.75) is 30.9 Å². The van der Waals surface area contributed by atoms with E-state index in [-0.39, 0.29) is 13.2 Å². The minimum absolute atomic E-state index is 0.0518. The molecule has 7 nitrogen and oxygen atoms in total. The van der Waals surface area contributed by atoms with E-state index in [9.17, 15) is 18.6 Å². The molecule has 0 amide bonds. The van der Waals surface area contributed by atoms with Crippen molar-refractivity contribution in [1.29, 1.82) is 0 Å². The van der Waals surface area contributed by atoms with Gasteiger partial charge in [0.25, 0.3) is 0 Å². The predicted octanol–water partition coefficient (Wildman–Crippen LogP) is -0.843. The first-order valence-corrected chi connectivity index (χ1v) is 9.34. The van der Waals surface area contributed by atoms with Crippen molar-refractivity contribution in [1.82, 2.24) is 9.62 Å². The Bertz CT molecular complexity index is 595. The number of aliphatic hydroxyl groups is 2. The largest absolute Gasteiger partial charge is 0.394 e. The number of nitrogens with one attached hydrogen (secondary N) is 1. The van der Waals surface area contributed by atoms with Gasteiger partial charge in [-0.1, -0.05) is 30.3 Å². The van der Waals surface area contributed by atoms with Gasteiger partial charge < -0.3 is 14.9 Å². The van der Waals surface area contributed by atoms with Crippen LogP contribution in [0.2, 0.25) is 0 Å². The van der Waals surface area contributed by atoms with Crippen LogP contribution < -0.4 is 4.72 Å². The third-order valence-corrected chi connectivity index (χ3v) is 4.66. The monoisotopic (exact) mass is 344 g/mol. The average molecular weight is 344 g/mol. The zero-order chi connectivity index (χ0) is 17.0. The molecule has 2 rings (SSSR count). The fourth-order valence-electron chi connectivity index (χ4n) is 2.90. The standard InChI is InChI=1S/C15H24N2O5S/c1-17(9-11-6-4-3-5-7-11)14-12(8-16-23(2,20)21)22-13(10-18)15(14)19/h3-7,12-16,18-19H,8-10H2,1-2H3/t12-,13+,14-,15-/m1/s1. The molecule has 0 radical (unpaired) electrons. The molecule has 1 aromatic carbocycles. The van der Waals surface area contributed by atoms with E-state index < -0.39 is 34.4 Å². The molecule has 0 aromatic heterocycles. The molecule has 1 saturated heterocycles. The molecule has 1 aromatic rings. The van der Waals surface area contributed by atoms with Gasteiger partial charge in [0.15, 0.2) is 0 Å². The molecule has 1 heterocycles. The number of hydrogen-bond acceptors (Lipinski definition) is 6. The summed E-state index contributed by atoms with van der Waals surface area (Å²) in [6.45, 7) is 0.321. The quantitative estimate of drug-likeness (QED) is 0.596. The Kier molecular flexibility index (Phi) is 6.12. The van der Waals surface area contributed by atoms with Gasteiger partial charge in [-0.3, -0.25) is 4.90 Å². The van der Waals surface area contributed by atoms with Crippen LogP contribution in [-0.2, 0) is 21.3 Å². The molecule has 0 unspecified atom stereocenters. The molecule has 3 N–H and O–H groups in total. The molecular formula is C15H24N2O5S. The number of benzene rings is 1. The highest BCUT2D eigenvalue weighted by Crippen LogP contribution is 2.26. The van der Waals surface area contributed by atoms with Crippen LogP contribution in [0.15, 0.2) is 30.3 Å². The van der Waals surface area contributed by atoms with E-state index in [1.807, 2.05) is 42.3 Å². The van der Waals surface area contributed by atoms with Gasteiger partial charge in [-0.2, -0.15) is 0 Å². The normalized spacial score (nSPS) is 28.4. The van der Waals surface area contributed by atoms with Crippen LogP contribution in [0.4, 0.5) is 0 Å². The van der Waals surface area contributed by atoms with Gasteiger partial charge in [-0.25, -0.2) is 13.1 Å². The number of nitrogens with zero attached hydrogens (tertiary/aromatic N) is 1. The number of ether oxygens (including phenoxy) is 1. The summed E-state index contributed by atoms with van der Waals surface area (Å²) in [7, 11) is -1.51. The molecule has 1 aliphatic rings. The van der Waals surface area contributed by atoms with Gasteiger partial charge in [0, 0.05) is 13.1 Å². The van der Waals surface area contributed by atoms with Crippen LogP contribution in [0.5, 0.6) is 0 Å². The summed E-state index contributed by atoms with van der Waals surface area (Å²) in [5.74, 6) is 0. The fraction of sp³-hybridized carbons (Fsp3) is 0.600. The Balaban J connectivity index is 2.10. The molecule has 1 fully saturated rings. The van der Waals surface area contributed by atoms with Gasteiger partial charge in [-0.15, -0.1) is 0 Å². The Morgan fingerprint density at radius 3 is 2.48 bits per heavy atom. The summed E-state index contributed by atoms with van der Waals surface area (Å²) in [5, 5.41) is 19.7. The molecule has 1 aliphatic heterocycles. The second kappa shape index (κ2) is 7.69. The average Bonchev–Trinajstić information content (AvgIpc) is 2.81. The van der Waals surface area contributed by atoms with E-state index in [1.54, 1.807) is 0 Å². The molecule has 8 heteroatoms. The third-order valence-electron chi connectivity index (χ3n) is 3.97. The molecule has 0 saturated carbocycles. The SMILES string of the molecule is CN(Cc1ccccc1)[C@H]1[C@H](O)[C@H](CO)O[C@@H]1CNS(C)(=O)=O. The highest BCUT2D eigenvalue weighted by Gasteiger charge is 2.45. The first-order chi connectivity index (χ1) is 10.8. The molecule has 0 spiro atoms. The number of hydrogen-bond donors (Lipinski definition) is 3. The predicted molar refractivity (Wildman–Crippen MR) is 86.3 cm³/mol. The lowest BCUT2D eigenvalue weighted by Gasteiger charge is -2.30. The lowest BCUT2D eigenvalue weighted by molar-refractivity contribution is -0.0200. The first-order valence-electron chi connectivity index (χ1n) is 7.45. The molecular weight excluding hydrogens is 320 g/mol. The van der Waals surface area contributed by atoms with Gasteiger partial charge >= 0.3 is 0 Å². The smallest absolute Gasteiger partial charge is 0.208 e. The molecule has 4 atom stereocenters. The fourth-order valence-corrected chi connectivity index (χ4v) is 3.37. The van der Waals surface area contributed by atoms with Crippen molar-refractivity contribution in [2.24, 2.45) is 0 Å². The van der Waals surface area contributed by atoms with E-state index in [0.29, 0.717) is 6.54 Å². The van der Waals surface area contributed by atoms with Crippen molar-refractivity contribution in [3.8, 4) is 0 Å². The molecule has 0 aliphatic carbocycles. The maximum Gasteiger partial charge on any atom is 0.208 e. The Labute approximate surface area is 136 Å². The van der Waals surface area contributed by atoms with Gasteiger partial charge in [0.1, 0.15) is 12.2 Å². The number of sulfonamides is 1. The van der Waals surface area contributed by atoms with E-state index in [4.69, 9.17) is 4.74 Å². The maximum atomic E-state index is 11.3. The highest BCUT2D eigenvalue weighted by molar-refractivity contribution is 7.88. The van der Waals surface area contributed by atoms with E-state index in [1.165, 1.54) is 0 Å². The summed E-state index contributed by atoms with van der Waals surface area (Å²) < 4.78 is 30.6. The Morgan fingerprint density at radius 1 is 1.26 bits per heavy atom. The molecule has 0 bridgehead atoms. The van der Waals surface area contributed by atoms with E-state index in [0.717, 1.165) is 11.8 Å². The van der Waals surface area contributed by atoms with E-state index in [2.05, 4.69) is 4.72 Å². The van der Waals surface area contributed by atoms with Crippen molar-refractivity contribution in [3.63, 3.8) is 0 Å². The van der Waals surface area contributed by atoms with Crippen molar-refractivity contribution < 1.29 is 23.4 Å². The van der Waals surface area contributed by atoms with Crippen molar-refractivity contribution in [3.05, 3.63) is 35.9 Å². The lowest BCUT2D eigenvalue weighted by atomic mass is 10.0. The summed E-state index contributed by atoms with van der Waals surface area (Å²) in [5.41, 5.74) is 1.07. The van der Waals surface area contributed by atoms with Gasteiger partial charge in [-0.05, 0) is 12.6 Å². The molecule has 130 valence electrons. The lowest BCUT2D eigenvalue weighted by Crippen LogP contribution is -2.49. The van der Waals surface area contributed by atoms with Crippen LogP contribution in [0.25, 0.3) is 0 Å². The van der Waals surface area contributed by atoms with Gasteiger partial charge in [0.05, 0.1) is 25.0 Å². The second-order valence-electron chi connectivity index (χ2n) is 5.90. The van der Waals surface area contributed by atoms with Crippen LogP contribution in [0, 0.1) is 0 Å². The van der Waals surface area contributed by atoms with Crippen molar-refractivity contribution in [2.75, 3.05) is 26.5 Å². The van der Waals surface area contributed by atoms with Crippen LogP contribution in [0.3, 0.4) is 0 Å². The van der Waals surface area contributed by atoms with Crippen molar-refractivity contribution >= 4 is 10.0 Å². The summed E-state index contributed by atoms with van der Waals surface area (Å²) in [6.07, 6.45) is -1.07. The Morgan fingerprint density at radius 2 is 1.91 bits per heavy atom. The summed E-state index contributed by atoms with van der Waals surface area (Å²) in [6, 6.07) is 9.34. The van der Waals surface area contributed by atoms with Crippen LogP contribution in [-0.4, -0.2) is 74.3 Å². The highest BCUT2D eigenvalue weighted by atomic mass is 32.2. The minimum Gasteiger partial charge on any atom is -0.394 e. The maximum absolute atomic E-state index is 11.3. The van der Waals surface area contributed by atoms with Crippen LogP contribution >= 0.6 is 0 Å². The number of aliphatic hydroxyl groups excluding tert-OH is 2. The summed E-state index contributed by atoms with van der Waals surface area (Å²) in [4.78, 5) is 1.92. The minimum atomic E-state index is -3.35. The Hall–Kier alpha value is -1.03. The molecule has 23 heavy (non-hydrogen) atoms. The zero-order valence-corrected chi connectivity index (χ0v) is 14.1. The van der Waals surface area contributed by atoms with Gasteiger partial charge in [0.2, 0.25) is 10.0 Å². The zero-order valence-electron chi connectivity index (χ0n) is 13.3. The number of rotatable bonds is 7. The second-order valence-corrected chi connectivity index (χ2v) is 7.73. The summed E-state index contributed by atoms with van der Waals surface area (Å²) >= 11 is 0. The topological polar surface area (TPSA) is 99.1 Å². The number of likely N-dealkylation sites (N-methyl/N-ethyl adjacent to an activating group) is 1. The van der Waals surface area contributed by atoms with Crippen LogP contribution in [0.1, 0.15) is 5.56 Å².